The summed E-state index contributed by atoms with van der Waals surface area (Å²) in [5.74, 6) is -1.22. The van der Waals surface area contributed by atoms with Crippen LogP contribution in [0, 0.1) is 0 Å². The molecule has 2 aromatic carbocycles. The highest BCUT2D eigenvalue weighted by atomic mass is 31.2. The van der Waals surface area contributed by atoms with E-state index in [-0.39, 0.29) is 6.16 Å². The van der Waals surface area contributed by atoms with Crippen molar-refractivity contribution >= 4 is 24.4 Å². The lowest BCUT2D eigenvalue weighted by molar-refractivity contribution is -0.139. The smallest absolute Gasteiger partial charge is 0.327 e. The lowest BCUT2D eigenvalue weighted by Crippen LogP contribution is -2.27. The van der Waals surface area contributed by atoms with Crippen LogP contribution in [0.1, 0.15) is 17.3 Å². The van der Waals surface area contributed by atoms with E-state index in [1.54, 1.807) is 30.3 Å². The van der Waals surface area contributed by atoms with Crippen molar-refractivity contribution in [1.82, 2.24) is 10.1 Å². The molecule has 0 aliphatic rings. The van der Waals surface area contributed by atoms with Crippen molar-refractivity contribution in [1.29, 1.82) is 0 Å². The summed E-state index contributed by atoms with van der Waals surface area (Å²) < 4.78 is 12.5. The molecular formula is C17H17N2O4P. The predicted octanol–water partition coefficient (Wildman–Crippen LogP) is 3.27. The minimum atomic E-state index is -3.88. The van der Waals surface area contributed by atoms with Gasteiger partial charge in [-0.2, -0.15) is 0 Å². The average molecular weight is 344 g/mol. The molecule has 1 heterocycles. The zero-order valence-electron chi connectivity index (χ0n) is 12.7. The number of H-pyrrole nitrogens is 1. The Morgan fingerprint density at radius 3 is 2.46 bits per heavy atom. The third-order valence-corrected chi connectivity index (χ3v) is 5.13. The normalized spacial score (nSPS) is 15.0. The van der Waals surface area contributed by atoms with Crippen LogP contribution in [0.2, 0.25) is 0 Å². The van der Waals surface area contributed by atoms with Crippen LogP contribution in [0.5, 0.6) is 0 Å². The van der Waals surface area contributed by atoms with Crippen LogP contribution in [0.4, 0.5) is 0 Å². The number of nitrogens with one attached hydrogen (secondary N) is 2. The zero-order chi connectivity index (χ0) is 17.2. The van der Waals surface area contributed by atoms with Gasteiger partial charge < -0.3 is 15.0 Å². The van der Waals surface area contributed by atoms with Gasteiger partial charge >= 0.3 is 5.97 Å². The van der Waals surface area contributed by atoms with Gasteiger partial charge in [0.25, 0.3) is 7.52 Å². The third kappa shape index (κ3) is 3.74. The predicted molar refractivity (Wildman–Crippen MR) is 91.8 cm³/mol. The lowest BCUT2D eigenvalue weighted by Gasteiger charge is -2.18. The summed E-state index contributed by atoms with van der Waals surface area (Å²) in [4.78, 5) is 24.8. The number of rotatable bonds is 6. The molecule has 0 saturated carbocycles. The quantitative estimate of drug-likeness (QED) is 0.514. The number of benzene rings is 2. The largest absolute Gasteiger partial charge is 0.480 e. The second-order valence-corrected chi connectivity index (χ2v) is 7.54. The van der Waals surface area contributed by atoms with E-state index in [1.807, 2.05) is 30.3 Å². The molecule has 0 bridgehead atoms. The maximum Gasteiger partial charge on any atom is 0.327 e. The molecule has 0 aliphatic heterocycles. The molecule has 24 heavy (non-hydrogen) atoms. The molecule has 4 N–H and O–H groups in total. The Bertz CT molecular complexity index is 874. The number of aromatic nitrogens is 1. The monoisotopic (exact) mass is 344 g/mol. The van der Waals surface area contributed by atoms with E-state index in [0.717, 1.165) is 10.9 Å². The summed E-state index contributed by atoms with van der Waals surface area (Å²) in [5.41, 5.74) is 1.78. The van der Waals surface area contributed by atoms with Gasteiger partial charge in [-0.3, -0.25) is 9.36 Å². The number of aromatic amines is 1. The van der Waals surface area contributed by atoms with Gasteiger partial charge in [0.05, 0.1) is 6.16 Å². The highest BCUT2D eigenvalue weighted by Gasteiger charge is 2.30. The number of carbonyl (C=O) groups is 1. The Morgan fingerprint density at radius 1 is 1.12 bits per heavy atom. The van der Waals surface area contributed by atoms with E-state index in [1.165, 1.54) is 0 Å². The fourth-order valence-electron chi connectivity index (χ4n) is 2.59. The molecule has 0 aliphatic carbocycles. The molecule has 6 nitrogen and oxygen atoms in total. The van der Waals surface area contributed by atoms with Crippen molar-refractivity contribution < 1.29 is 19.4 Å². The van der Waals surface area contributed by atoms with E-state index in [0.29, 0.717) is 11.3 Å². The van der Waals surface area contributed by atoms with Crippen LogP contribution in [0.25, 0.3) is 10.9 Å². The Morgan fingerprint density at radius 2 is 1.79 bits per heavy atom. The third-order valence-electron chi connectivity index (χ3n) is 3.68. The molecule has 2 atom stereocenters. The van der Waals surface area contributed by atoms with Crippen LogP contribution < -0.4 is 5.09 Å². The van der Waals surface area contributed by atoms with Gasteiger partial charge in [0.1, 0.15) is 0 Å². The van der Waals surface area contributed by atoms with Gasteiger partial charge in [-0.15, -0.1) is 0 Å². The molecule has 0 spiro atoms. The lowest BCUT2D eigenvalue weighted by atomic mass is 10.2. The van der Waals surface area contributed by atoms with Crippen LogP contribution >= 0.6 is 7.52 Å². The van der Waals surface area contributed by atoms with Gasteiger partial charge in [-0.1, -0.05) is 48.5 Å². The number of fused-ring (bicyclic) bond motifs is 1. The Labute approximate surface area is 138 Å². The minimum Gasteiger partial charge on any atom is -0.480 e. The Hall–Kier alpha value is -2.40. The van der Waals surface area contributed by atoms with Crippen molar-refractivity contribution in [2.24, 2.45) is 0 Å². The summed E-state index contributed by atoms with van der Waals surface area (Å²) in [5, 5.41) is 12.7. The van der Waals surface area contributed by atoms with Gasteiger partial charge in [-0.05, 0) is 23.1 Å². The standard InChI is InChI=1S/C17H17N2O4P/c20-17(21)16(15-10-13-8-4-5-9-14(13)18-15)19-24(22,23)11-12-6-2-1-3-7-12/h1-10,16,18H,11H2,(H,20,21)(H2,19,22,23). The average Bonchev–Trinajstić information content (AvgIpc) is 2.96. The Balaban J connectivity index is 1.85. The second kappa shape index (κ2) is 6.61. The molecule has 3 aromatic rings. The van der Waals surface area contributed by atoms with Crippen molar-refractivity contribution in [3.63, 3.8) is 0 Å². The summed E-state index contributed by atoms with van der Waals surface area (Å²) in [7, 11) is -3.88. The van der Waals surface area contributed by atoms with Crippen LogP contribution in [-0.2, 0) is 15.5 Å². The van der Waals surface area contributed by atoms with E-state index >= 15 is 0 Å². The first-order chi connectivity index (χ1) is 11.4. The first-order valence-corrected chi connectivity index (χ1v) is 9.23. The van der Waals surface area contributed by atoms with Gasteiger partial charge in [0, 0.05) is 11.2 Å². The van der Waals surface area contributed by atoms with Gasteiger partial charge in [0.2, 0.25) is 0 Å². The molecule has 0 saturated heterocycles. The molecule has 1 aromatic heterocycles. The van der Waals surface area contributed by atoms with Crippen LogP contribution in [0.3, 0.4) is 0 Å². The summed E-state index contributed by atoms with van der Waals surface area (Å²) in [6, 6.07) is 16.5. The fraction of sp³-hybridized carbons (Fsp3) is 0.118. The molecule has 2 unspecified atom stereocenters. The maximum absolute atomic E-state index is 12.5. The number of hydrogen-bond donors (Lipinski definition) is 4. The van der Waals surface area contributed by atoms with E-state index in [9.17, 15) is 19.4 Å². The molecule has 0 fully saturated rings. The fourth-order valence-corrected chi connectivity index (χ4v) is 4.04. The SMILES string of the molecule is O=C(O)C(NP(=O)(O)Cc1ccccc1)c1cc2ccccc2[nH]1. The van der Waals surface area contributed by atoms with Crippen molar-refractivity contribution in [2.45, 2.75) is 12.2 Å². The number of carboxylic acids is 1. The van der Waals surface area contributed by atoms with Gasteiger partial charge in [-0.25, -0.2) is 5.09 Å². The number of para-hydroxylation sites is 1. The molecule has 124 valence electrons. The van der Waals surface area contributed by atoms with Gasteiger partial charge in [0.15, 0.2) is 6.04 Å². The zero-order valence-corrected chi connectivity index (χ0v) is 13.6. The first kappa shape index (κ1) is 16.5. The van der Waals surface area contributed by atoms with Crippen LogP contribution in [-0.4, -0.2) is 21.0 Å². The number of aliphatic carboxylic acids is 1. The molecule has 3 rings (SSSR count). The van der Waals surface area contributed by atoms with E-state index in [4.69, 9.17) is 0 Å². The van der Waals surface area contributed by atoms with Crippen molar-refractivity contribution in [3.05, 3.63) is 71.9 Å². The molecule has 0 radical (unpaired) electrons. The topological polar surface area (TPSA) is 102 Å². The van der Waals surface area contributed by atoms with Crippen molar-refractivity contribution in [2.75, 3.05) is 0 Å². The first-order valence-electron chi connectivity index (χ1n) is 7.39. The summed E-state index contributed by atoms with van der Waals surface area (Å²) >= 11 is 0. The highest BCUT2D eigenvalue weighted by Crippen LogP contribution is 2.42. The highest BCUT2D eigenvalue weighted by molar-refractivity contribution is 7.55. The second-order valence-electron chi connectivity index (χ2n) is 5.56. The molecular weight excluding hydrogens is 327 g/mol. The number of hydrogen-bond acceptors (Lipinski definition) is 2. The van der Waals surface area contributed by atoms with E-state index in [2.05, 4.69) is 10.1 Å². The summed E-state index contributed by atoms with van der Waals surface area (Å²) in [6.45, 7) is 0. The Kier molecular flexibility index (Phi) is 4.53. The van der Waals surface area contributed by atoms with Crippen molar-refractivity contribution in [3.8, 4) is 0 Å². The van der Waals surface area contributed by atoms with E-state index < -0.39 is 19.5 Å². The maximum atomic E-state index is 12.5. The molecule has 7 heteroatoms. The summed E-state index contributed by atoms with van der Waals surface area (Å²) in [6.07, 6.45) is -0.141. The van der Waals surface area contributed by atoms with Crippen LogP contribution in [0.15, 0.2) is 60.7 Å². The minimum absolute atomic E-state index is 0.141. The number of carboxylic acid groups (broad SMARTS) is 1. The molecule has 0 amide bonds.